The lowest BCUT2D eigenvalue weighted by Gasteiger charge is -2.38. The van der Waals surface area contributed by atoms with Crippen LogP contribution >= 0.6 is 0 Å². The number of hydrogen-bond acceptors (Lipinski definition) is 3. The minimum Gasteiger partial charge on any atom is -0.388 e. The molecule has 0 aliphatic heterocycles. The van der Waals surface area contributed by atoms with Crippen LogP contribution in [0.5, 0.6) is 0 Å². The molecule has 1 aromatic heterocycles. The Labute approximate surface area is 108 Å². The van der Waals surface area contributed by atoms with Crippen molar-refractivity contribution in [3.63, 3.8) is 0 Å². The van der Waals surface area contributed by atoms with Crippen molar-refractivity contribution in [2.24, 2.45) is 7.05 Å². The number of aromatic nitrogens is 2. The van der Waals surface area contributed by atoms with E-state index in [0.717, 1.165) is 17.0 Å². The van der Waals surface area contributed by atoms with E-state index in [1.54, 1.807) is 13.8 Å². The molecule has 0 spiro atoms. The maximum absolute atomic E-state index is 10.2. The van der Waals surface area contributed by atoms with Gasteiger partial charge in [-0.2, -0.15) is 0 Å². The Kier molecular flexibility index (Phi) is 2.86. The molecule has 0 aliphatic rings. The van der Waals surface area contributed by atoms with Gasteiger partial charge in [0.2, 0.25) is 5.95 Å². The van der Waals surface area contributed by atoms with Crippen molar-refractivity contribution in [2.75, 3.05) is 5.32 Å². The van der Waals surface area contributed by atoms with Gasteiger partial charge in [-0.15, -0.1) is 0 Å². The van der Waals surface area contributed by atoms with Gasteiger partial charge in [0.15, 0.2) is 0 Å². The van der Waals surface area contributed by atoms with E-state index in [9.17, 15) is 5.11 Å². The van der Waals surface area contributed by atoms with Gasteiger partial charge >= 0.3 is 0 Å². The Morgan fingerprint density at radius 3 is 2.33 bits per heavy atom. The molecule has 0 unspecified atom stereocenters. The SMILES string of the molecule is Cn1c(NC(C)(C)C(C)(C)O)nc2ccccc21. The van der Waals surface area contributed by atoms with Crippen LogP contribution in [0.15, 0.2) is 24.3 Å². The summed E-state index contributed by atoms with van der Waals surface area (Å²) in [6, 6.07) is 7.98. The smallest absolute Gasteiger partial charge is 0.204 e. The second-order valence-corrected chi connectivity index (χ2v) is 5.79. The molecule has 0 atom stereocenters. The van der Waals surface area contributed by atoms with Gasteiger partial charge in [0.25, 0.3) is 0 Å². The molecular formula is C14H21N3O. The lowest BCUT2D eigenvalue weighted by Crippen LogP contribution is -2.51. The van der Waals surface area contributed by atoms with Crippen molar-refractivity contribution in [3.8, 4) is 0 Å². The molecule has 2 N–H and O–H groups in total. The van der Waals surface area contributed by atoms with Crippen LogP contribution < -0.4 is 5.32 Å². The Morgan fingerprint density at radius 1 is 1.17 bits per heavy atom. The third kappa shape index (κ3) is 2.08. The van der Waals surface area contributed by atoms with E-state index in [-0.39, 0.29) is 0 Å². The van der Waals surface area contributed by atoms with E-state index in [1.807, 2.05) is 49.7 Å². The summed E-state index contributed by atoms with van der Waals surface area (Å²) in [5.74, 6) is 0.767. The first kappa shape index (κ1) is 12.9. The predicted molar refractivity (Wildman–Crippen MR) is 74.7 cm³/mol. The van der Waals surface area contributed by atoms with Gasteiger partial charge in [0.05, 0.1) is 22.2 Å². The first-order valence-electron chi connectivity index (χ1n) is 6.14. The summed E-state index contributed by atoms with van der Waals surface area (Å²) in [6.07, 6.45) is 0. The summed E-state index contributed by atoms with van der Waals surface area (Å²) in [6.45, 7) is 7.52. The number of hydrogen-bond donors (Lipinski definition) is 2. The number of rotatable bonds is 3. The molecule has 1 aromatic carbocycles. The normalized spacial score (nSPS) is 13.0. The number of imidazole rings is 1. The lowest BCUT2D eigenvalue weighted by atomic mass is 9.86. The number of fused-ring (bicyclic) bond motifs is 1. The summed E-state index contributed by atoms with van der Waals surface area (Å²) in [4.78, 5) is 4.55. The van der Waals surface area contributed by atoms with E-state index in [0.29, 0.717) is 0 Å². The Morgan fingerprint density at radius 2 is 1.78 bits per heavy atom. The van der Waals surface area contributed by atoms with Crippen LogP contribution in [0.3, 0.4) is 0 Å². The van der Waals surface area contributed by atoms with Gasteiger partial charge in [-0.25, -0.2) is 4.98 Å². The molecule has 0 bridgehead atoms. The molecule has 0 amide bonds. The number of anilines is 1. The quantitative estimate of drug-likeness (QED) is 0.876. The average Bonchev–Trinajstić information content (AvgIpc) is 2.54. The third-order valence-corrected chi connectivity index (χ3v) is 3.74. The van der Waals surface area contributed by atoms with Crippen LogP contribution in [0.25, 0.3) is 11.0 Å². The van der Waals surface area contributed by atoms with Crippen molar-refractivity contribution in [3.05, 3.63) is 24.3 Å². The Bertz CT molecular complexity index is 564. The minimum atomic E-state index is -0.842. The minimum absolute atomic E-state index is 0.470. The number of benzene rings is 1. The molecule has 18 heavy (non-hydrogen) atoms. The fourth-order valence-corrected chi connectivity index (χ4v) is 1.69. The Balaban J connectivity index is 2.41. The summed E-state index contributed by atoms with van der Waals surface area (Å²) >= 11 is 0. The monoisotopic (exact) mass is 247 g/mol. The van der Waals surface area contributed by atoms with Crippen molar-refractivity contribution in [2.45, 2.75) is 38.8 Å². The molecule has 2 aromatic rings. The van der Waals surface area contributed by atoms with Crippen LogP contribution in [0.1, 0.15) is 27.7 Å². The number of para-hydroxylation sites is 2. The topological polar surface area (TPSA) is 50.1 Å². The van der Waals surface area contributed by atoms with Crippen molar-refractivity contribution >= 4 is 17.0 Å². The van der Waals surface area contributed by atoms with Crippen molar-refractivity contribution in [1.82, 2.24) is 9.55 Å². The zero-order valence-corrected chi connectivity index (χ0v) is 11.7. The molecule has 2 rings (SSSR count). The van der Waals surface area contributed by atoms with Gasteiger partial charge in [-0.05, 0) is 39.8 Å². The predicted octanol–water partition coefficient (Wildman–Crippen LogP) is 2.53. The van der Waals surface area contributed by atoms with E-state index in [1.165, 1.54) is 0 Å². The molecule has 1 heterocycles. The molecule has 98 valence electrons. The van der Waals surface area contributed by atoms with Gasteiger partial charge < -0.3 is 15.0 Å². The highest BCUT2D eigenvalue weighted by molar-refractivity contribution is 5.78. The second-order valence-electron chi connectivity index (χ2n) is 5.79. The van der Waals surface area contributed by atoms with Gasteiger partial charge in [-0.3, -0.25) is 0 Å². The summed E-state index contributed by atoms with van der Waals surface area (Å²) in [7, 11) is 1.97. The third-order valence-electron chi connectivity index (χ3n) is 3.74. The van der Waals surface area contributed by atoms with E-state index in [2.05, 4.69) is 10.3 Å². The van der Waals surface area contributed by atoms with Crippen LogP contribution in [0, 0.1) is 0 Å². The maximum Gasteiger partial charge on any atom is 0.204 e. The first-order chi connectivity index (χ1) is 8.22. The van der Waals surface area contributed by atoms with Crippen molar-refractivity contribution in [1.29, 1.82) is 0 Å². The summed E-state index contributed by atoms with van der Waals surface area (Å²) in [5, 5.41) is 13.5. The van der Waals surface area contributed by atoms with Crippen LogP contribution in [0.2, 0.25) is 0 Å². The van der Waals surface area contributed by atoms with Gasteiger partial charge in [-0.1, -0.05) is 12.1 Å². The lowest BCUT2D eigenvalue weighted by molar-refractivity contribution is 0.0236. The van der Waals surface area contributed by atoms with Crippen LogP contribution in [-0.4, -0.2) is 25.8 Å². The number of nitrogens with zero attached hydrogens (tertiary/aromatic N) is 2. The highest BCUT2D eigenvalue weighted by atomic mass is 16.3. The molecule has 0 radical (unpaired) electrons. The van der Waals surface area contributed by atoms with E-state index in [4.69, 9.17) is 0 Å². The zero-order chi connectivity index (χ0) is 13.6. The van der Waals surface area contributed by atoms with Gasteiger partial charge in [0.1, 0.15) is 0 Å². The highest BCUT2D eigenvalue weighted by Gasteiger charge is 2.35. The number of aryl methyl sites for hydroxylation is 1. The molecule has 0 aliphatic carbocycles. The van der Waals surface area contributed by atoms with Gasteiger partial charge in [0, 0.05) is 7.05 Å². The summed E-state index contributed by atoms with van der Waals surface area (Å²) < 4.78 is 2.00. The molecule has 0 saturated carbocycles. The zero-order valence-electron chi connectivity index (χ0n) is 11.7. The molecule has 4 nitrogen and oxygen atoms in total. The summed E-state index contributed by atoms with van der Waals surface area (Å²) in [5.41, 5.74) is 0.716. The highest BCUT2D eigenvalue weighted by Crippen LogP contribution is 2.27. The van der Waals surface area contributed by atoms with Crippen LogP contribution in [0.4, 0.5) is 5.95 Å². The average molecular weight is 247 g/mol. The molecule has 0 saturated heterocycles. The standard InChI is InChI=1S/C14H21N3O/c1-13(2,14(3,4)18)16-12-15-10-8-6-7-9-11(10)17(12)5/h6-9,18H,1-5H3,(H,15,16). The number of aliphatic hydroxyl groups is 1. The fraction of sp³-hybridized carbons (Fsp3) is 0.500. The maximum atomic E-state index is 10.2. The Hall–Kier alpha value is -1.55. The number of nitrogens with one attached hydrogen (secondary N) is 1. The van der Waals surface area contributed by atoms with Crippen molar-refractivity contribution < 1.29 is 5.11 Å². The van der Waals surface area contributed by atoms with Crippen LogP contribution in [-0.2, 0) is 7.05 Å². The second kappa shape index (κ2) is 3.99. The molecule has 0 fully saturated rings. The molecule has 4 heteroatoms. The van der Waals surface area contributed by atoms with E-state index < -0.39 is 11.1 Å². The largest absolute Gasteiger partial charge is 0.388 e. The van der Waals surface area contributed by atoms with E-state index >= 15 is 0 Å². The fourth-order valence-electron chi connectivity index (χ4n) is 1.69. The first-order valence-corrected chi connectivity index (χ1v) is 6.14. The molecular weight excluding hydrogens is 226 g/mol.